The average molecular weight is 211 g/mol. The van der Waals surface area contributed by atoms with E-state index < -0.39 is 5.60 Å². The number of hydrogen-bond donors (Lipinski definition) is 1. The maximum atomic E-state index is 10.5. The van der Waals surface area contributed by atoms with Crippen molar-refractivity contribution >= 4 is 29.0 Å². The lowest BCUT2D eigenvalue weighted by atomic mass is 10.1. The molecule has 0 aromatic heterocycles. The van der Waals surface area contributed by atoms with Gasteiger partial charge in [-0.2, -0.15) is 0 Å². The lowest BCUT2D eigenvalue weighted by molar-refractivity contribution is -0.128. The van der Waals surface area contributed by atoms with E-state index in [4.69, 9.17) is 28.3 Å². The Morgan fingerprint density at radius 3 is 1.75 bits per heavy atom. The monoisotopic (exact) mass is 210 g/mol. The lowest BCUT2D eigenvalue weighted by Crippen LogP contribution is -2.28. The number of carbonyl (C=O) groups is 1. The van der Waals surface area contributed by atoms with E-state index in [2.05, 4.69) is 13.2 Å². The van der Waals surface area contributed by atoms with E-state index in [1.54, 1.807) is 0 Å². The van der Waals surface area contributed by atoms with Crippen LogP contribution in [0.1, 0.15) is 13.8 Å². The van der Waals surface area contributed by atoms with Gasteiger partial charge in [-0.3, -0.25) is 4.79 Å². The van der Waals surface area contributed by atoms with Gasteiger partial charge in [-0.1, -0.05) is 36.4 Å². The molecule has 0 aromatic carbocycles. The van der Waals surface area contributed by atoms with E-state index in [9.17, 15) is 4.79 Å². The molecule has 0 rings (SSSR count). The van der Waals surface area contributed by atoms with Crippen LogP contribution in [0.3, 0.4) is 0 Å². The summed E-state index contributed by atoms with van der Waals surface area (Å²) in [5.41, 5.74) is -1.25. The normalized spacial score (nSPS) is 9.42. The third kappa shape index (κ3) is 12.4. The fourth-order valence-electron chi connectivity index (χ4n) is 0.250. The van der Waals surface area contributed by atoms with Gasteiger partial charge in [0.05, 0.1) is 4.49 Å². The number of halogens is 2. The second-order valence-electron chi connectivity index (χ2n) is 2.47. The first-order chi connectivity index (χ1) is 5.21. The highest BCUT2D eigenvalue weighted by atomic mass is 35.5. The van der Waals surface area contributed by atoms with Gasteiger partial charge in [0.1, 0.15) is 5.60 Å². The molecule has 0 atom stereocenters. The fraction of sp³-hybridized carbons (Fsp3) is 0.375. The molecule has 12 heavy (non-hydrogen) atoms. The minimum atomic E-state index is -1.25. The molecule has 0 saturated heterocycles. The largest absolute Gasteiger partial charge is 0.382 e. The number of carbonyl (C=O) groups excluding carboxylic acids is 1. The number of ketones is 1. The molecule has 0 bridgehead atoms. The van der Waals surface area contributed by atoms with Crippen molar-refractivity contribution in [2.45, 2.75) is 19.4 Å². The minimum absolute atomic E-state index is 0.111. The molecule has 0 aromatic rings. The number of hydrogen-bond acceptors (Lipinski definition) is 2. The van der Waals surface area contributed by atoms with E-state index in [-0.39, 0.29) is 10.3 Å². The maximum absolute atomic E-state index is 10.5. The van der Waals surface area contributed by atoms with Crippen LogP contribution in [0.25, 0.3) is 0 Å². The molecular weight excluding hydrogens is 199 g/mol. The van der Waals surface area contributed by atoms with Crippen LogP contribution in [0.2, 0.25) is 0 Å². The van der Waals surface area contributed by atoms with Gasteiger partial charge < -0.3 is 5.11 Å². The second kappa shape index (κ2) is 6.23. The summed E-state index contributed by atoms with van der Waals surface area (Å²) in [7, 11) is 0. The summed E-state index contributed by atoms with van der Waals surface area (Å²) in [4.78, 5) is 10.5. The molecule has 4 heteroatoms. The van der Waals surface area contributed by atoms with Crippen molar-refractivity contribution in [3.63, 3.8) is 0 Å². The Labute approximate surface area is 82.5 Å². The minimum Gasteiger partial charge on any atom is -0.382 e. The molecule has 0 amide bonds. The maximum Gasteiger partial charge on any atom is 0.185 e. The van der Waals surface area contributed by atoms with Crippen LogP contribution >= 0.6 is 23.2 Å². The standard InChI is InChI=1S/C6H10O2.C2H2Cl2/c1-4-5(7)6(2,3)8;1-2(3)4/h4,8H,1H2,2-3H3;1H2. The van der Waals surface area contributed by atoms with Crippen molar-refractivity contribution in [3.8, 4) is 0 Å². The first-order valence-corrected chi connectivity index (χ1v) is 3.86. The second-order valence-corrected chi connectivity index (χ2v) is 3.57. The Morgan fingerprint density at radius 2 is 1.75 bits per heavy atom. The molecule has 2 nitrogen and oxygen atoms in total. The van der Waals surface area contributed by atoms with Gasteiger partial charge >= 0.3 is 0 Å². The van der Waals surface area contributed by atoms with Crippen molar-refractivity contribution in [1.29, 1.82) is 0 Å². The summed E-state index contributed by atoms with van der Waals surface area (Å²) < 4.78 is 0.111. The zero-order valence-electron chi connectivity index (χ0n) is 7.10. The summed E-state index contributed by atoms with van der Waals surface area (Å²) in [5, 5.41) is 8.87. The molecule has 0 aliphatic carbocycles. The van der Waals surface area contributed by atoms with Crippen LogP contribution < -0.4 is 0 Å². The molecule has 0 saturated carbocycles. The van der Waals surface area contributed by atoms with Crippen molar-refractivity contribution in [1.82, 2.24) is 0 Å². The Balaban J connectivity index is 0. The van der Waals surface area contributed by atoms with Gasteiger partial charge in [0.15, 0.2) is 5.78 Å². The van der Waals surface area contributed by atoms with Crippen LogP contribution in [-0.4, -0.2) is 16.5 Å². The SMILES string of the molecule is C=C(Cl)Cl.C=CC(=O)C(C)(C)O. The average Bonchev–Trinajstić information content (AvgIpc) is 1.82. The summed E-state index contributed by atoms with van der Waals surface area (Å²) in [6.07, 6.45) is 1.11. The van der Waals surface area contributed by atoms with Gasteiger partial charge in [0.25, 0.3) is 0 Å². The van der Waals surface area contributed by atoms with Crippen molar-refractivity contribution < 1.29 is 9.90 Å². The first-order valence-electron chi connectivity index (χ1n) is 3.11. The van der Waals surface area contributed by atoms with Crippen LogP contribution in [0, 0.1) is 0 Å². The Hall–Kier alpha value is -0.310. The summed E-state index contributed by atoms with van der Waals surface area (Å²) >= 11 is 9.69. The van der Waals surface area contributed by atoms with E-state index in [0.29, 0.717) is 0 Å². The van der Waals surface area contributed by atoms with Crippen molar-refractivity contribution in [2.24, 2.45) is 0 Å². The Kier molecular flexibility index (Phi) is 7.39. The quantitative estimate of drug-likeness (QED) is 0.712. The highest BCUT2D eigenvalue weighted by Gasteiger charge is 2.19. The van der Waals surface area contributed by atoms with Gasteiger partial charge in [-0.15, -0.1) is 0 Å². The molecule has 1 N–H and O–H groups in total. The lowest BCUT2D eigenvalue weighted by Gasteiger charge is -2.10. The zero-order chi connectivity index (χ0) is 10.4. The molecule has 0 aliphatic rings. The van der Waals surface area contributed by atoms with Crippen molar-refractivity contribution in [2.75, 3.05) is 0 Å². The van der Waals surface area contributed by atoms with E-state index >= 15 is 0 Å². The highest BCUT2D eigenvalue weighted by molar-refractivity contribution is 6.55. The summed E-state index contributed by atoms with van der Waals surface area (Å²) in [6, 6.07) is 0. The van der Waals surface area contributed by atoms with E-state index in [1.807, 2.05) is 0 Å². The summed E-state index contributed by atoms with van der Waals surface area (Å²) in [6.45, 7) is 9.16. The van der Waals surface area contributed by atoms with Gasteiger partial charge in [-0.05, 0) is 19.9 Å². The molecule has 70 valence electrons. The van der Waals surface area contributed by atoms with Crippen LogP contribution in [0.4, 0.5) is 0 Å². The van der Waals surface area contributed by atoms with Crippen LogP contribution in [-0.2, 0) is 4.79 Å². The highest BCUT2D eigenvalue weighted by Crippen LogP contribution is 2.01. The summed E-state index contributed by atoms with van der Waals surface area (Å²) in [5.74, 6) is -0.350. The molecule has 0 heterocycles. The Bertz CT molecular complexity index is 176. The third-order valence-electron chi connectivity index (χ3n) is 0.788. The van der Waals surface area contributed by atoms with Crippen LogP contribution in [0.5, 0.6) is 0 Å². The topological polar surface area (TPSA) is 37.3 Å². The van der Waals surface area contributed by atoms with Gasteiger partial charge in [-0.25, -0.2) is 0 Å². The molecule has 0 fully saturated rings. The first kappa shape index (κ1) is 14.2. The molecule has 0 spiro atoms. The predicted molar refractivity (Wildman–Crippen MR) is 52.3 cm³/mol. The van der Waals surface area contributed by atoms with Crippen LogP contribution in [0.15, 0.2) is 23.7 Å². The Morgan fingerprint density at radius 1 is 1.50 bits per heavy atom. The fourth-order valence-corrected chi connectivity index (χ4v) is 0.250. The molecule has 0 radical (unpaired) electrons. The van der Waals surface area contributed by atoms with Gasteiger partial charge in [0.2, 0.25) is 0 Å². The molecule has 0 unspecified atom stereocenters. The number of aliphatic hydroxyl groups is 1. The molecule has 0 aliphatic heterocycles. The molecular formula is C8H12Cl2O2. The zero-order valence-corrected chi connectivity index (χ0v) is 8.61. The third-order valence-corrected chi connectivity index (χ3v) is 0.788. The van der Waals surface area contributed by atoms with Crippen molar-refractivity contribution in [3.05, 3.63) is 23.7 Å². The predicted octanol–water partition coefficient (Wildman–Crippen LogP) is 2.45. The van der Waals surface area contributed by atoms with E-state index in [1.165, 1.54) is 13.8 Å². The van der Waals surface area contributed by atoms with Gasteiger partial charge in [0, 0.05) is 0 Å². The smallest absolute Gasteiger partial charge is 0.185 e. The number of rotatable bonds is 2. The van der Waals surface area contributed by atoms with E-state index in [0.717, 1.165) is 6.08 Å².